The van der Waals surface area contributed by atoms with Crippen LogP contribution in [0.15, 0.2) is 59.6 Å². The summed E-state index contributed by atoms with van der Waals surface area (Å²) in [4.78, 5) is 44.5. The molecule has 2 aromatic carbocycles. The Morgan fingerprint density at radius 2 is 1.75 bits per heavy atom. The van der Waals surface area contributed by atoms with Gasteiger partial charge in [-0.05, 0) is 18.9 Å². The van der Waals surface area contributed by atoms with E-state index in [0.29, 0.717) is 35.5 Å². The first-order valence-electron chi connectivity index (χ1n) is 11.7. The molecule has 0 radical (unpaired) electrons. The van der Waals surface area contributed by atoms with Gasteiger partial charge in [0.25, 0.3) is 5.91 Å². The van der Waals surface area contributed by atoms with Crippen molar-refractivity contribution in [1.82, 2.24) is 10.6 Å². The van der Waals surface area contributed by atoms with Crippen LogP contribution in [0.5, 0.6) is 0 Å². The van der Waals surface area contributed by atoms with Gasteiger partial charge >= 0.3 is 6.18 Å². The molecule has 3 amide bonds. The minimum Gasteiger partial charge on any atom is -0.356 e. The summed E-state index contributed by atoms with van der Waals surface area (Å²) in [5.74, 6) is -3.18. The monoisotopic (exact) mass is 502 g/mol. The summed E-state index contributed by atoms with van der Waals surface area (Å²) in [5, 5.41) is 5.09. The number of carbonyl (C=O) groups excluding carboxylic acids is 3. The molecule has 1 heterocycles. The van der Waals surface area contributed by atoms with Gasteiger partial charge in [-0.3, -0.25) is 14.4 Å². The number of amides is 3. The summed E-state index contributed by atoms with van der Waals surface area (Å²) < 4.78 is 38.8. The van der Waals surface area contributed by atoms with E-state index in [-0.39, 0.29) is 0 Å². The summed E-state index contributed by atoms with van der Waals surface area (Å²) in [7, 11) is 1.54. The number of hydrogen-bond donors (Lipinski definition) is 2. The Bertz CT molecular complexity index is 1120. The molecule has 1 aliphatic rings. The number of nitrogens with zero attached hydrogens (tertiary/aromatic N) is 2. The normalized spacial score (nSPS) is 16.5. The Hall–Kier alpha value is -3.69. The minimum atomic E-state index is -4.49. The van der Waals surface area contributed by atoms with Crippen molar-refractivity contribution in [3.05, 3.63) is 65.7 Å². The molecule has 0 saturated heterocycles. The highest BCUT2D eigenvalue weighted by molar-refractivity contribution is 6.20. The number of rotatable bonds is 9. The van der Waals surface area contributed by atoms with Gasteiger partial charge in [-0.15, -0.1) is 0 Å². The van der Waals surface area contributed by atoms with E-state index < -0.39 is 55.2 Å². The van der Waals surface area contributed by atoms with Crippen molar-refractivity contribution >= 4 is 29.1 Å². The van der Waals surface area contributed by atoms with Gasteiger partial charge in [0.1, 0.15) is 0 Å². The van der Waals surface area contributed by atoms with Crippen LogP contribution >= 0.6 is 0 Å². The topological polar surface area (TPSA) is 90.9 Å². The smallest absolute Gasteiger partial charge is 0.356 e. The highest BCUT2D eigenvalue weighted by Crippen LogP contribution is 2.28. The van der Waals surface area contributed by atoms with E-state index in [1.165, 1.54) is 4.90 Å². The fourth-order valence-corrected chi connectivity index (χ4v) is 3.92. The van der Waals surface area contributed by atoms with E-state index in [2.05, 4.69) is 15.6 Å². The zero-order valence-corrected chi connectivity index (χ0v) is 20.1. The third-order valence-corrected chi connectivity index (χ3v) is 5.82. The number of nitrogens with one attached hydrogen (secondary N) is 2. The average molecular weight is 503 g/mol. The maximum Gasteiger partial charge on any atom is 0.389 e. The summed E-state index contributed by atoms with van der Waals surface area (Å²) >= 11 is 0. The zero-order valence-electron chi connectivity index (χ0n) is 20.1. The van der Waals surface area contributed by atoms with Crippen molar-refractivity contribution in [3.8, 4) is 0 Å². The molecule has 3 rings (SSSR count). The number of benzodiazepines with no additional fused rings is 1. The lowest BCUT2D eigenvalue weighted by atomic mass is 9.97. The van der Waals surface area contributed by atoms with Crippen molar-refractivity contribution in [1.29, 1.82) is 0 Å². The van der Waals surface area contributed by atoms with E-state index in [4.69, 9.17) is 0 Å². The number of hydrogen-bond acceptors (Lipinski definition) is 4. The van der Waals surface area contributed by atoms with Crippen molar-refractivity contribution in [2.45, 2.75) is 44.9 Å². The molecule has 10 heteroatoms. The van der Waals surface area contributed by atoms with Crippen molar-refractivity contribution in [2.75, 3.05) is 18.5 Å². The molecule has 192 valence electrons. The molecular weight excluding hydrogens is 473 g/mol. The van der Waals surface area contributed by atoms with E-state index in [0.717, 1.165) is 0 Å². The van der Waals surface area contributed by atoms with Crippen molar-refractivity contribution in [3.63, 3.8) is 0 Å². The molecule has 0 bridgehead atoms. The highest BCUT2D eigenvalue weighted by atomic mass is 19.4. The maximum absolute atomic E-state index is 13.3. The quantitative estimate of drug-likeness (QED) is 0.546. The maximum atomic E-state index is 13.3. The van der Waals surface area contributed by atoms with Crippen LogP contribution in [0.1, 0.15) is 43.7 Å². The second kappa shape index (κ2) is 11.8. The predicted molar refractivity (Wildman–Crippen MR) is 131 cm³/mol. The second-order valence-electron chi connectivity index (χ2n) is 8.57. The van der Waals surface area contributed by atoms with Gasteiger partial charge in [0.05, 0.1) is 11.4 Å². The van der Waals surface area contributed by atoms with Gasteiger partial charge in [-0.1, -0.05) is 55.5 Å². The number of likely N-dealkylation sites (N-methyl/N-ethyl adjacent to an activating group) is 1. The Kier molecular flexibility index (Phi) is 8.84. The molecule has 36 heavy (non-hydrogen) atoms. The molecule has 0 aromatic heterocycles. The van der Waals surface area contributed by atoms with Gasteiger partial charge in [-0.25, -0.2) is 4.99 Å². The standard InChI is InChI=1S/C26H29F3N4O3/c1-3-15-30-21(34)16-18(13-14-26(27,28)29)24(35)32-23-25(36)33(2)20-12-8-7-11-19(20)22(31-23)17-9-5-4-6-10-17/h4-12,18,23H,3,13-16H2,1-2H3,(H,30,34)(H,32,35)/t18-,23-/m1/s1. The number of alkyl halides is 3. The predicted octanol–water partition coefficient (Wildman–Crippen LogP) is 3.82. The molecule has 1 aliphatic heterocycles. The van der Waals surface area contributed by atoms with Gasteiger partial charge in [0.2, 0.25) is 18.0 Å². The number of fused-ring (bicyclic) bond motifs is 1. The number of aliphatic imine (C=N–C) groups is 1. The number of para-hydroxylation sites is 1. The van der Waals surface area contributed by atoms with Crippen LogP contribution < -0.4 is 15.5 Å². The van der Waals surface area contributed by atoms with Gasteiger partial charge in [0.15, 0.2) is 0 Å². The fourth-order valence-electron chi connectivity index (χ4n) is 3.92. The zero-order chi connectivity index (χ0) is 26.3. The molecule has 0 saturated carbocycles. The average Bonchev–Trinajstić information content (AvgIpc) is 2.96. The van der Waals surface area contributed by atoms with Crippen LogP contribution in [0.3, 0.4) is 0 Å². The molecule has 2 aromatic rings. The summed E-state index contributed by atoms with van der Waals surface area (Å²) in [6.45, 7) is 2.18. The first-order valence-corrected chi connectivity index (χ1v) is 11.7. The second-order valence-corrected chi connectivity index (χ2v) is 8.57. The fraction of sp³-hybridized carbons (Fsp3) is 0.385. The number of carbonyl (C=O) groups is 3. The third kappa shape index (κ3) is 6.93. The lowest BCUT2D eigenvalue weighted by molar-refractivity contribution is -0.144. The molecule has 0 unspecified atom stereocenters. The molecule has 0 aliphatic carbocycles. The van der Waals surface area contributed by atoms with Crippen LogP contribution in [0.4, 0.5) is 18.9 Å². The van der Waals surface area contributed by atoms with Crippen LogP contribution in [0.2, 0.25) is 0 Å². The Labute approximate surface area is 207 Å². The molecule has 7 nitrogen and oxygen atoms in total. The molecule has 2 atom stereocenters. The van der Waals surface area contributed by atoms with Gasteiger partial charge in [0, 0.05) is 43.5 Å². The number of halogens is 3. The SMILES string of the molecule is CCCNC(=O)C[C@@H](CCC(F)(F)F)C(=O)N[C@H]1N=C(c2ccccc2)c2ccccc2N(C)C1=O. The van der Waals surface area contributed by atoms with E-state index in [1.54, 1.807) is 31.3 Å². The third-order valence-electron chi connectivity index (χ3n) is 5.82. The van der Waals surface area contributed by atoms with Gasteiger partial charge < -0.3 is 15.5 Å². The van der Waals surface area contributed by atoms with Crippen LogP contribution in [0, 0.1) is 5.92 Å². The summed E-state index contributed by atoms with van der Waals surface area (Å²) in [6.07, 6.45) is -7.45. The Morgan fingerprint density at radius 1 is 1.08 bits per heavy atom. The summed E-state index contributed by atoms with van der Waals surface area (Å²) in [6, 6.07) is 16.2. The number of benzene rings is 2. The Balaban J connectivity index is 1.92. The number of anilines is 1. The van der Waals surface area contributed by atoms with Crippen molar-refractivity contribution < 1.29 is 27.6 Å². The van der Waals surface area contributed by atoms with E-state index in [9.17, 15) is 27.6 Å². The van der Waals surface area contributed by atoms with Gasteiger partial charge in [-0.2, -0.15) is 13.2 Å². The minimum absolute atomic E-state index is 0.349. The lowest BCUT2D eigenvalue weighted by Crippen LogP contribution is -2.48. The largest absolute Gasteiger partial charge is 0.389 e. The first-order chi connectivity index (χ1) is 17.1. The molecule has 0 fully saturated rings. The molecule has 2 N–H and O–H groups in total. The molecular formula is C26H29F3N4O3. The van der Waals surface area contributed by atoms with E-state index in [1.807, 2.05) is 37.3 Å². The van der Waals surface area contributed by atoms with E-state index >= 15 is 0 Å². The Morgan fingerprint density at radius 3 is 2.42 bits per heavy atom. The highest BCUT2D eigenvalue weighted by Gasteiger charge is 2.35. The molecule has 0 spiro atoms. The summed E-state index contributed by atoms with van der Waals surface area (Å²) in [5.41, 5.74) is 2.42. The van der Waals surface area contributed by atoms with Crippen molar-refractivity contribution in [2.24, 2.45) is 10.9 Å². The van der Waals surface area contributed by atoms with Crippen LogP contribution in [-0.2, 0) is 14.4 Å². The lowest BCUT2D eigenvalue weighted by Gasteiger charge is -2.23. The van der Waals surface area contributed by atoms with Crippen LogP contribution in [-0.4, -0.2) is 49.4 Å². The van der Waals surface area contributed by atoms with Crippen LogP contribution in [0.25, 0.3) is 0 Å². The first kappa shape index (κ1) is 26.9.